The first-order valence-corrected chi connectivity index (χ1v) is 10.5. The molecule has 1 N–H and O–H groups in total. The number of aromatic nitrogens is 1. The van der Waals surface area contributed by atoms with Gasteiger partial charge in [-0.1, -0.05) is 6.07 Å². The number of anilines is 1. The van der Waals surface area contributed by atoms with Crippen molar-refractivity contribution < 1.29 is 26.4 Å². The number of rotatable bonds is 6. The molecule has 1 aromatic carbocycles. The van der Waals surface area contributed by atoms with Crippen LogP contribution in [0.15, 0.2) is 29.2 Å². The molecule has 0 aliphatic rings. The minimum Gasteiger partial charge on any atom is -0.301 e. The lowest BCUT2D eigenvalue weighted by Gasteiger charge is -2.25. The van der Waals surface area contributed by atoms with E-state index in [0.29, 0.717) is 11.2 Å². The summed E-state index contributed by atoms with van der Waals surface area (Å²) in [6, 6.07) is 2.81. The normalized spacial score (nSPS) is 12.6. The minimum absolute atomic E-state index is 0.333. The van der Waals surface area contributed by atoms with Crippen LogP contribution in [-0.4, -0.2) is 36.2 Å². The summed E-state index contributed by atoms with van der Waals surface area (Å²) in [4.78, 5) is 16.9. The summed E-state index contributed by atoms with van der Waals surface area (Å²) in [5.74, 6) is -0.627. The number of thiazole rings is 1. The zero-order chi connectivity index (χ0) is 21.3. The highest BCUT2D eigenvalue weighted by Gasteiger charge is 2.34. The summed E-state index contributed by atoms with van der Waals surface area (Å²) in [6.45, 7) is 6.14. The van der Waals surface area contributed by atoms with Crippen LogP contribution >= 0.6 is 11.3 Å². The fourth-order valence-electron chi connectivity index (χ4n) is 2.34. The second-order valence-corrected chi connectivity index (χ2v) is 9.47. The molecule has 0 spiro atoms. The minimum atomic E-state index is -4.67. The number of carbonyl (C=O) groups excluding carboxylic acids is 1. The molecule has 2 rings (SSSR count). The Morgan fingerprint density at radius 3 is 2.43 bits per heavy atom. The first-order valence-electron chi connectivity index (χ1n) is 8.25. The first-order chi connectivity index (χ1) is 12.8. The van der Waals surface area contributed by atoms with E-state index in [-0.39, 0.29) is 0 Å². The van der Waals surface area contributed by atoms with E-state index >= 15 is 0 Å². The van der Waals surface area contributed by atoms with Crippen LogP contribution in [0.5, 0.6) is 0 Å². The summed E-state index contributed by atoms with van der Waals surface area (Å²) < 4.78 is 65.4. The van der Waals surface area contributed by atoms with Gasteiger partial charge in [-0.25, -0.2) is 13.4 Å². The van der Waals surface area contributed by atoms with Gasteiger partial charge in [0.05, 0.1) is 22.7 Å². The number of amides is 1. The quantitative estimate of drug-likeness (QED) is 0.748. The predicted molar refractivity (Wildman–Crippen MR) is 101 cm³/mol. The third kappa shape index (κ3) is 5.09. The number of sulfonamides is 1. The van der Waals surface area contributed by atoms with Crippen LogP contribution in [0.2, 0.25) is 0 Å². The standard InChI is InChI=1S/C17H20F3N3O3S2/c1-10(2)23(9-15(24)22-16-21-11(3)12(4)27-16)28(25,26)14-7-5-6-13(8-14)17(18,19)20/h5-8,10H,9H2,1-4H3,(H,21,22,24). The number of nitrogens with one attached hydrogen (secondary N) is 1. The Morgan fingerprint density at radius 2 is 1.93 bits per heavy atom. The van der Waals surface area contributed by atoms with Crippen LogP contribution in [0.4, 0.5) is 18.3 Å². The van der Waals surface area contributed by atoms with Gasteiger partial charge in [0.25, 0.3) is 0 Å². The molecule has 0 radical (unpaired) electrons. The van der Waals surface area contributed by atoms with Crippen molar-refractivity contribution in [2.45, 2.75) is 44.8 Å². The lowest BCUT2D eigenvalue weighted by molar-refractivity contribution is -0.137. The number of hydrogen-bond donors (Lipinski definition) is 1. The van der Waals surface area contributed by atoms with Crippen molar-refractivity contribution in [1.29, 1.82) is 0 Å². The Bertz CT molecular complexity index is 950. The van der Waals surface area contributed by atoms with Crippen molar-refractivity contribution >= 4 is 32.4 Å². The van der Waals surface area contributed by atoms with Gasteiger partial charge in [-0.15, -0.1) is 11.3 Å². The van der Waals surface area contributed by atoms with Gasteiger partial charge in [-0.2, -0.15) is 17.5 Å². The number of hydrogen-bond acceptors (Lipinski definition) is 5. The van der Waals surface area contributed by atoms with Crippen LogP contribution in [0.1, 0.15) is 30.0 Å². The number of nitrogens with zero attached hydrogens (tertiary/aromatic N) is 2. The first kappa shape index (κ1) is 22.3. The average Bonchev–Trinajstić information content (AvgIpc) is 2.89. The van der Waals surface area contributed by atoms with Crippen LogP contribution < -0.4 is 5.32 Å². The topological polar surface area (TPSA) is 79.4 Å². The van der Waals surface area contributed by atoms with E-state index < -0.39 is 45.2 Å². The molecule has 0 bridgehead atoms. The average molecular weight is 435 g/mol. The van der Waals surface area contributed by atoms with E-state index in [1.807, 2.05) is 6.92 Å². The molecule has 0 fully saturated rings. The number of carbonyl (C=O) groups is 1. The Hall–Kier alpha value is -1.98. The Morgan fingerprint density at radius 1 is 1.29 bits per heavy atom. The van der Waals surface area contributed by atoms with E-state index in [4.69, 9.17) is 0 Å². The van der Waals surface area contributed by atoms with Crippen molar-refractivity contribution in [3.8, 4) is 0 Å². The van der Waals surface area contributed by atoms with Crippen molar-refractivity contribution in [3.63, 3.8) is 0 Å². The SMILES string of the molecule is Cc1nc(NC(=O)CN(C(C)C)S(=O)(=O)c2cccc(C(F)(F)F)c2)sc1C. The third-order valence-corrected chi connectivity index (χ3v) is 6.92. The van der Waals surface area contributed by atoms with Crippen LogP contribution in [-0.2, 0) is 21.0 Å². The molecule has 11 heteroatoms. The van der Waals surface area contributed by atoms with Crippen molar-refractivity contribution in [3.05, 3.63) is 40.4 Å². The predicted octanol–water partition coefficient (Wildman–Crippen LogP) is 3.82. The van der Waals surface area contributed by atoms with E-state index in [9.17, 15) is 26.4 Å². The Balaban J connectivity index is 2.28. The van der Waals surface area contributed by atoms with Gasteiger partial charge < -0.3 is 5.32 Å². The zero-order valence-electron chi connectivity index (χ0n) is 15.7. The van der Waals surface area contributed by atoms with E-state index in [1.54, 1.807) is 6.92 Å². The number of benzene rings is 1. The second-order valence-electron chi connectivity index (χ2n) is 6.38. The summed E-state index contributed by atoms with van der Waals surface area (Å²) in [5.41, 5.74) is -0.326. The van der Waals surface area contributed by atoms with Crippen molar-refractivity contribution in [2.24, 2.45) is 0 Å². The van der Waals surface area contributed by atoms with Gasteiger partial charge in [-0.3, -0.25) is 4.79 Å². The van der Waals surface area contributed by atoms with E-state index in [1.165, 1.54) is 25.2 Å². The molecule has 0 saturated carbocycles. The molecule has 6 nitrogen and oxygen atoms in total. The maximum atomic E-state index is 12.9. The molecule has 154 valence electrons. The highest BCUT2D eigenvalue weighted by atomic mass is 32.2. The van der Waals surface area contributed by atoms with Gasteiger partial charge in [-0.05, 0) is 45.9 Å². The van der Waals surface area contributed by atoms with E-state index in [2.05, 4.69) is 10.3 Å². The number of halogens is 3. The van der Waals surface area contributed by atoms with Crippen LogP contribution in [0, 0.1) is 13.8 Å². The molecular formula is C17H20F3N3O3S2. The molecule has 2 aromatic rings. The van der Waals surface area contributed by atoms with Gasteiger partial charge in [0.2, 0.25) is 15.9 Å². The van der Waals surface area contributed by atoms with E-state index in [0.717, 1.165) is 33.1 Å². The van der Waals surface area contributed by atoms with Gasteiger partial charge in [0, 0.05) is 10.9 Å². The monoisotopic (exact) mass is 435 g/mol. The van der Waals surface area contributed by atoms with Gasteiger partial charge >= 0.3 is 6.18 Å². The lowest BCUT2D eigenvalue weighted by atomic mass is 10.2. The largest absolute Gasteiger partial charge is 0.416 e. The maximum Gasteiger partial charge on any atom is 0.416 e. The molecular weight excluding hydrogens is 415 g/mol. The molecule has 0 atom stereocenters. The summed E-state index contributed by atoms with van der Waals surface area (Å²) in [7, 11) is -4.32. The van der Waals surface area contributed by atoms with Crippen LogP contribution in [0.3, 0.4) is 0 Å². The molecule has 1 amide bonds. The highest BCUT2D eigenvalue weighted by molar-refractivity contribution is 7.89. The molecule has 0 aliphatic heterocycles. The fraction of sp³-hybridized carbons (Fsp3) is 0.412. The smallest absolute Gasteiger partial charge is 0.301 e. The molecule has 0 saturated heterocycles. The second kappa shape index (κ2) is 8.18. The van der Waals surface area contributed by atoms with Crippen molar-refractivity contribution in [1.82, 2.24) is 9.29 Å². The maximum absolute atomic E-state index is 12.9. The number of aryl methyl sites for hydroxylation is 2. The van der Waals surface area contributed by atoms with Crippen molar-refractivity contribution in [2.75, 3.05) is 11.9 Å². The molecule has 0 aliphatic carbocycles. The molecule has 0 unspecified atom stereocenters. The fourth-order valence-corrected chi connectivity index (χ4v) is 4.81. The third-order valence-electron chi connectivity index (χ3n) is 3.92. The molecule has 28 heavy (non-hydrogen) atoms. The summed E-state index contributed by atoms with van der Waals surface area (Å²) in [6.07, 6.45) is -4.67. The Kier molecular flexibility index (Phi) is 6.51. The van der Waals surface area contributed by atoms with Gasteiger partial charge in [0.15, 0.2) is 5.13 Å². The Labute approximate surface area is 165 Å². The molecule has 1 heterocycles. The highest BCUT2D eigenvalue weighted by Crippen LogP contribution is 2.31. The summed E-state index contributed by atoms with van der Waals surface area (Å²) >= 11 is 1.25. The van der Waals surface area contributed by atoms with Gasteiger partial charge in [0.1, 0.15) is 0 Å². The summed E-state index contributed by atoms with van der Waals surface area (Å²) in [5, 5.41) is 2.86. The van der Waals surface area contributed by atoms with Crippen LogP contribution in [0.25, 0.3) is 0 Å². The lowest BCUT2D eigenvalue weighted by Crippen LogP contribution is -2.42. The number of alkyl halides is 3. The zero-order valence-corrected chi connectivity index (χ0v) is 17.3. The molecule has 1 aromatic heterocycles.